The first kappa shape index (κ1) is 24.7. The lowest BCUT2D eigenvalue weighted by Crippen LogP contribution is -2.45. The topological polar surface area (TPSA) is 81.7 Å². The van der Waals surface area contributed by atoms with Crippen molar-refractivity contribution in [3.63, 3.8) is 0 Å². The fraction of sp³-hybridized carbons (Fsp3) is 0.348. The lowest BCUT2D eigenvalue weighted by atomic mass is 9.99. The Morgan fingerprint density at radius 2 is 1.52 bits per heavy atom. The molecular weight excluding hydrogens is 441 g/mol. The van der Waals surface area contributed by atoms with Gasteiger partial charge in [-0.25, -0.2) is 9.59 Å². The van der Waals surface area contributed by atoms with Gasteiger partial charge in [-0.15, -0.1) is 0 Å². The quantitative estimate of drug-likeness (QED) is 0.458. The number of carbonyl (C=O) groups is 3. The predicted octanol–water partition coefficient (Wildman–Crippen LogP) is 5.03. The van der Waals surface area contributed by atoms with Crippen LogP contribution in [0.15, 0.2) is 42.5 Å². The Hall–Kier alpha value is -2.57. The lowest BCUT2D eigenvalue weighted by molar-refractivity contribution is -0.143. The van der Waals surface area contributed by atoms with Crippen molar-refractivity contribution >= 4 is 41.0 Å². The molecule has 0 aliphatic carbocycles. The van der Waals surface area contributed by atoms with Crippen LogP contribution >= 0.6 is 23.2 Å². The molecule has 0 heterocycles. The molecule has 0 saturated carbocycles. The number of ether oxygens (including phenoxy) is 2. The van der Waals surface area contributed by atoms with Gasteiger partial charge in [-0.05, 0) is 44.0 Å². The molecule has 2 rings (SSSR count). The maximum atomic E-state index is 12.6. The van der Waals surface area contributed by atoms with Gasteiger partial charge in [0.1, 0.15) is 11.6 Å². The van der Waals surface area contributed by atoms with Gasteiger partial charge in [-0.3, -0.25) is 4.79 Å². The third kappa shape index (κ3) is 7.56. The van der Waals surface area contributed by atoms with Gasteiger partial charge < -0.3 is 14.8 Å². The van der Waals surface area contributed by atoms with Crippen LogP contribution in [-0.4, -0.2) is 36.6 Å². The van der Waals surface area contributed by atoms with E-state index in [4.69, 9.17) is 32.7 Å². The molecule has 0 bridgehead atoms. The van der Waals surface area contributed by atoms with E-state index in [0.717, 1.165) is 11.1 Å². The molecule has 0 fully saturated rings. The summed E-state index contributed by atoms with van der Waals surface area (Å²) in [4.78, 5) is 36.7. The smallest absolute Gasteiger partial charge is 0.408 e. The Morgan fingerprint density at radius 1 is 0.968 bits per heavy atom. The van der Waals surface area contributed by atoms with Crippen molar-refractivity contribution in [1.82, 2.24) is 5.32 Å². The zero-order chi connectivity index (χ0) is 23.2. The summed E-state index contributed by atoms with van der Waals surface area (Å²) in [5, 5.41) is 3.15. The summed E-state index contributed by atoms with van der Waals surface area (Å²) in [5.41, 5.74) is 1.14. The molecule has 1 N–H and O–H groups in total. The number of Topliss-reactive ketones (excluding diaryl/α,β-unsaturated/α-hetero) is 1. The number of halogens is 2. The van der Waals surface area contributed by atoms with Crippen LogP contribution in [0.2, 0.25) is 10.0 Å². The number of amides is 1. The highest BCUT2D eigenvalue weighted by atomic mass is 35.5. The van der Waals surface area contributed by atoms with E-state index in [1.807, 2.05) is 0 Å². The van der Waals surface area contributed by atoms with Crippen LogP contribution < -0.4 is 5.32 Å². The first-order chi connectivity index (χ1) is 14.5. The minimum Gasteiger partial charge on any atom is -0.467 e. The number of hydrogen-bond acceptors (Lipinski definition) is 5. The Balaban J connectivity index is 2.07. The number of nitrogens with one attached hydrogen (secondary N) is 1. The monoisotopic (exact) mass is 465 g/mol. The number of rotatable bonds is 7. The Labute approximate surface area is 191 Å². The second kappa shape index (κ2) is 10.6. The van der Waals surface area contributed by atoms with Crippen LogP contribution in [-0.2, 0) is 27.1 Å². The first-order valence-electron chi connectivity index (χ1n) is 9.62. The van der Waals surface area contributed by atoms with Gasteiger partial charge in [0.15, 0.2) is 5.78 Å². The zero-order valence-corrected chi connectivity index (χ0v) is 19.3. The van der Waals surface area contributed by atoms with E-state index in [9.17, 15) is 14.4 Å². The molecule has 0 aromatic heterocycles. The summed E-state index contributed by atoms with van der Waals surface area (Å²) in [6.07, 6.45) is -0.377. The molecule has 0 radical (unpaired) electrons. The molecule has 0 aliphatic heterocycles. The van der Waals surface area contributed by atoms with Crippen molar-refractivity contribution in [1.29, 1.82) is 0 Å². The average molecular weight is 466 g/mol. The van der Waals surface area contributed by atoms with Crippen molar-refractivity contribution in [2.24, 2.45) is 0 Å². The van der Waals surface area contributed by atoms with Crippen molar-refractivity contribution in [2.75, 3.05) is 7.11 Å². The largest absolute Gasteiger partial charge is 0.467 e. The molecule has 0 saturated heterocycles. The third-order valence-electron chi connectivity index (χ3n) is 4.25. The van der Waals surface area contributed by atoms with E-state index in [1.165, 1.54) is 7.11 Å². The standard InChI is InChI=1S/C23H25Cl2NO5/c1-23(2,3)31-22(29)26-18(21(28)30-4)12-14-8-10-15(11-9-14)13-19(27)20-16(24)6-5-7-17(20)25/h5-11,18H,12-13H2,1-4H3,(H,26,29). The average Bonchev–Trinajstić information content (AvgIpc) is 2.66. The molecule has 0 aliphatic rings. The van der Waals surface area contributed by atoms with Gasteiger partial charge >= 0.3 is 12.1 Å². The normalized spacial score (nSPS) is 12.1. The van der Waals surface area contributed by atoms with E-state index in [-0.39, 0.29) is 18.6 Å². The van der Waals surface area contributed by atoms with Gasteiger partial charge in [0, 0.05) is 12.8 Å². The molecule has 0 spiro atoms. The van der Waals surface area contributed by atoms with Gasteiger partial charge in [0.2, 0.25) is 0 Å². The minimum absolute atomic E-state index is 0.125. The number of methoxy groups -OCH3 is 1. The summed E-state index contributed by atoms with van der Waals surface area (Å²) < 4.78 is 9.99. The van der Waals surface area contributed by atoms with Gasteiger partial charge in [0.05, 0.1) is 22.7 Å². The fourth-order valence-electron chi connectivity index (χ4n) is 2.85. The minimum atomic E-state index is -0.908. The van der Waals surface area contributed by atoms with Crippen molar-refractivity contribution in [3.8, 4) is 0 Å². The number of alkyl carbamates (subject to hydrolysis) is 1. The number of benzene rings is 2. The predicted molar refractivity (Wildman–Crippen MR) is 120 cm³/mol. The van der Waals surface area contributed by atoms with E-state index in [2.05, 4.69) is 5.32 Å². The number of carbonyl (C=O) groups excluding carboxylic acids is 3. The number of esters is 1. The maximum Gasteiger partial charge on any atom is 0.408 e. The summed E-state index contributed by atoms with van der Waals surface area (Å²) in [7, 11) is 1.25. The highest BCUT2D eigenvalue weighted by Gasteiger charge is 2.25. The van der Waals surface area contributed by atoms with Crippen molar-refractivity contribution < 1.29 is 23.9 Å². The molecule has 6 nitrogen and oxygen atoms in total. The SMILES string of the molecule is COC(=O)C(Cc1ccc(CC(=O)c2c(Cl)cccc2Cl)cc1)NC(=O)OC(C)(C)C. The molecule has 2 aromatic rings. The summed E-state index contributed by atoms with van der Waals surface area (Å²) in [6, 6.07) is 11.1. The van der Waals surface area contributed by atoms with Crippen LogP contribution in [0, 0.1) is 0 Å². The Bertz CT molecular complexity index is 931. The number of hydrogen-bond donors (Lipinski definition) is 1. The van der Waals surface area contributed by atoms with Crippen LogP contribution in [0.25, 0.3) is 0 Å². The van der Waals surface area contributed by atoms with Gasteiger partial charge in [0.25, 0.3) is 0 Å². The summed E-state index contributed by atoms with van der Waals surface area (Å²) >= 11 is 12.2. The maximum absolute atomic E-state index is 12.6. The molecule has 1 amide bonds. The van der Waals surface area contributed by atoms with Crippen LogP contribution in [0.1, 0.15) is 42.3 Å². The van der Waals surface area contributed by atoms with Gasteiger partial charge in [-0.2, -0.15) is 0 Å². The van der Waals surface area contributed by atoms with Crippen LogP contribution in [0.5, 0.6) is 0 Å². The zero-order valence-electron chi connectivity index (χ0n) is 17.8. The molecule has 2 aromatic carbocycles. The van der Waals surface area contributed by atoms with E-state index in [1.54, 1.807) is 63.2 Å². The van der Waals surface area contributed by atoms with Crippen LogP contribution in [0.3, 0.4) is 0 Å². The Morgan fingerprint density at radius 3 is 2.03 bits per heavy atom. The number of ketones is 1. The highest BCUT2D eigenvalue weighted by molar-refractivity contribution is 6.39. The first-order valence-corrected chi connectivity index (χ1v) is 10.4. The highest BCUT2D eigenvalue weighted by Crippen LogP contribution is 2.26. The Kier molecular flexibility index (Phi) is 8.48. The summed E-state index contributed by atoms with van der Waals surface area (Å²) in [5.74, 6) is -0.777. The second-order valence-electron chi connectivity index (χ2n) is 7.94. The van der Waals surface area contributed by atoms with E-state index in [0.29, 0.717) is 15.6 Å². The lowest BCUT2D eigenvalue weighted by Gasteiger charge is -2.22. The molecular formula is C23H25Cl2NO5. The molecule has 8 heteroatoms. The van der Waals surface area contributed by atoms with E-state index >= 15 is 0 Å². The van der Waals surface area contributed by atoms with Crippen molar-refractivity contribution in [2.45, 2.75) is 45.3 Å². The summed E-state index contributed by atoms with van der Waals surface area (Å²) in [6.45, 7) is 5.20. The molecule has 31 heavy (non-hydrogen) atoms. The fourth-order valence-corrected chi connectivity index (χ4v) is 3.46. The second-order valence-corrected chi connectivity index (χ2v) is 8.75. The third-order valence-corrected chi connectivity index (χ3v) is 4.88. The molecule has 1 atom stereocenters. The van der Waals surface area contributed by atoms with Crippen LogP contribution in [0.4, 0.5) is 4.79 Å². The molecule has 166 valence electrons. The van der Waals surface area contributed by atoms with E-state index < -0.39 is 23.7 Å². The molecule has 1 unspecified atom stereocenters. The van der Waals surface area contributed by atoms with Crippen molar-refractivity contribution in [3.05, 3.63) is 69.2 Å². The van der Waals surface area contributed by atoms with Gasteiger partial charge in [-0.1, -0.05) is 53.5 Å².